The Morgan fingerprint density at radius 2 is 1.92 bits per heavy atom. The van der Waals surface area contributed by atoms with Crippen molar-refractivity contribution in [3.05, 3.63) is 64.7 Å². The van der Waals surface area contributed by atoms with Crippen LogP contribution >= 0.6 is 11.6 Å². The van der Waals surface area contributed by atoms with Crippen LogP contribution in [0.1, 0.15) is 11.1 Å². The van der Waals surface area contributed by atoms with Gasteiger partial charge in [-0.2, -0.15) is 0 Å². The van der Waals surface area contributed by atoms with Gasteiger partial charge in [-0.05, 0) is 30.5 Å². The van der Waals surface area contributed by atoms with E-state index < -0.39 is 12.0 Å². The summed E-state index contributed by atoms with van der Waals surface area (Å²) in [5.74, 6) is -0.399. The number of rotatable bonds is 7. The van der Waals surface area contributed by atoms with Crippen molar-refractivity contribution in [1.82, 2.24) is 5.32 Å². The maximum atomic E-state index is 12.4. The van der Waals surface area contributed by atoms with Gasteiger partial charge in [-0.3, -0.25) is 5.41 Å². The number of aryl methyl sites for hydroxylation is 1. The number of hydrogen-bond acceptors (Lipinski definition) is 3. The Hall–Kier alpha value is -2.57. The lowest BCUT2D eigenvalue weighted by Gasteiger charge is -2.24. The van der Waals surface area contributed by atoms with Crippen molar-refractivity contribution in [2.75, 3.05) is 24.7 Å². The van der Waals surface area contributed by atoms with Gasteiger partial charge in [0.15, 0.2) is 0 Å². The van der Waals surface area contributed by atoms with E-state index in [-0.39, 0.29) is 0 Å². The van der Waals surface area contributed by atoms with Crippen molar-refractivity contribution in [2.45, 2.75) is 13.3 Å². The molecule has 4 N–H and O–H groups in total. The third-order valence-corrected chi connectivity index (χ3v) is 4.06. The fourth-order valence-electron chi connectivity index (χ4n) is 2.48. The summed E-state index contributed by atoms with van der Waals surface area (Å²) < 4.78 is 5.54. The second-order valence-electron chi connectivity index (χ2n) is 5.71. The van der Waals surface area contributed by atoms with E-state index >= 15 is 0 Å². The molecule has 0 fully saturated rings. The molecular weight excluding hydrogens is 352 g/mol. The summed E-state index contributed by atoms with van der Waals surface area (Å²) in [6, 6.07) is 14.8. The number of nitrogens with zero attached hydrogens (tertiary/aromatic N) is 1. The van der Waals surface area contributed by atoms with Crippen LogP contribution in [0.5, 0.6) is 0 Å². The lowest BCUT2D eigenvalue weighted by Crippen LogP contribution is -2.48. The third kappa shape index (κ3) is 5.47. The summed E-state index contributed by atoms with van der Waals surface area (Å²) in [4.78, 5) is 13.5. The average molecular weight is 375 g/mol. The van der Waals surface area contributed by atoms with Gasteiger partial charge in [-0.25, -0.2) is 9.69 Å². The number of anilines is 1. The first-order valence-corrected chi connectivity index (χ1v) is 8.67. The third-order valence-electron chi connectivity index (χ3n) is 3.76. The minimum atomic E-state index is -0.514. The number of ether oxygens (including phenoxy) is 1. The largest absolute Gasteiger partial charge is 0.379 e. The Kier molecular flexibility index (Phi) is 7.44. The van der Waals surface area contributed by atoms with E-state index in [0.29, 0.717) is 30.5 Å². The zero-order chi connectivity index (χ0) is 18.9. The summed E-state index contributed by atoms with van der Waals surface area (Å²) in [5, 5.41) is 10.8. The maximum Gasteiger partial charge on any atom is 0.328 e. The highest BCUT2D eigenvalue weighted by atomic mass is 35.5. The smallest absolute Gasteiger partial charge is 0.328 e. The normalized spacial score (nSPS) is 10.4. The van der Waals surface area contributed by atoms with E-state index in [9.17, 15) is 4.79 Å². The van der Waals surface area contributed by atoms with Gasteiger partial charge in [0.05, 0.1) is 23.9 Å². The van der Waals surface area contributed by atoms with Crippen LogP contribution in [0.15, 0.2) is 48.5 Å². The van der Waals surface area contributed by atoms with Crippen molar-refractivity contribution in [1.29, 1.82) is 5.41 Å². The SMILES string of the molecule is Cc1cccc(Cl)c1N(C(=N)N)C(=O)NCCOCCc1ccccc1. The van der Waals surface area contributed by atoms with Gasteiger partial charge in [0.1, 0.15) is 0 Å². The molecule has 2 rings (SSSR count). The van der Waals surface area contributed by atoms with Gasteiger partial charge < -0.3 is 15.8 Å². The highest BCUT2D eigenvalue weighted by Crippen LogP contribution is 2.29. The number of amides is 2. The second-order valence-corrected chi connectivity index (χ2v) is 6.11. The molecule has 6 nitrogen and oxygen atoms in total. The lowest BCUT2D eigenvalue weighted by molar-refractivity contribution is 0.140. The molecule has 0 aliphatic heterocycles. The van der Waals surface area contributed by atoms with Crippen molar-refractivity contribution >= 4 is 29.3 Å². The van der Waals surface area contributed by atoms with Gasteiger partial charge in [0.25, 0.3) is 0 Å². The fraction of sp³-hybridized carbons (Fsp3) is 0.263. The molecular formula is C19H23ClN4O2. The van der Waals surface area contributed by atoms with E-state index in [0.717, 1.165) is 16.9 Å². The topological polar surface area (TPSA) is 91.4 Å². The van der Waals surface area contributed by atoms with Crippen LogP contribution in [-0.2, 0) is 11.2 Å². The van der Waals surface area contributed by atoms with Crippen LogP contribution in [0, 0.1) is 12.3 Å². The second kappa shape index (κ2) is 9.79. The average Bonchev–Trinajstić information content (AvgIpc) is 2.61. The van der Waals surface area contributed by atoms with Gasteiger partial charge in [-0.1, -0.05) is 54.1 Å². The number of halogens is 1. The number of benzene rings is 2. The molecule has 0 aliphatic carbocycles. The Morgan fingerprint density at radius 3 is 2.58 bits per heavy atom. The first kappa shape index (κ1) is 19.8. The summed E-state index contributed by atoms with van der Waals surface area (Å²) >= 11 is 6.17. The van der Waals surface area contributed by atoms with E-state index in [4.69, 9.17) is 27.5 Å². The molecule has 0 aromatic heterocycles. The van der Waals surface area contributed by atoms with Crippen LogP contribution in [0.3, 0.4) is 0 Å². The first-order valence-electron chi connectivity index (χ1n) is 8.29. The Bertz CT molecular complexity index is 732. The molecule has 0 bridgehead atoms. The highest BCUT2D eigenvalue weighted by Gasteiger charge is 2.22. The minimum absolute atomic E-state index is 0.306. The molecule has 0 spiro atoms. The standard InChI is InChI=1S/C19H23ClN4O2/c1-14-6-5-9-16(20)17(14)24(18(21)22)19(25)23-11-13-26-12-10-15-7-3-2-4-8-15/h2-9H,10-13H2,1H3,(H3,21,22)(H,23,25). The van der Waals surface area contributed by atoms with E-state index in [1.165, 1.54) is 5.56 Å². The number of carbonyl (C=O) groups is 1. The molecule has 0 atom stereocenters. The zero-order valence-electron chi connectivity index (χ0n) is 14.7. The van der Waals surface area contributed by atoms with E-state index in [1.807, 2.05) is 30.3 Å². The highest BCUT2D eigenvalue weighted by molar-refractivity contribution is 6.35. The molecule has 26 heavy (non-hydrogen) atoms. The fourth-order valence-corrected chi connectivity index (χ4v) is 2.79. The molecule has 0 aliphatic rings. The number of nitrogens with one attached hydrogen (secondary N) is 2. The lowest BCUT2D eigenvalue weighted by atomic mass is 10.2. The molecule has 0 heterocycles. The molecule has 0 saturated carbocycles. The molecule has 0 saturated heterocycles. The monoisotopic (exact) mass is 374 g/mol. The molecule has 2 aromatic rings. The first-order chi connectivity index (χ1) is 12.5. The van der Waals surface area contributed by atoms with E-state index in [1.54, 1.807) is 25.1 Å². The Morgan fingerprint density at radius 1 is 1.19 bits per heavy atom. The minimum Gasteiger partial charge on any atom is -0.379 e. The Balaban J connectivity index is 1.82. The van der Waals surface area contributed by atoms with Crippen LogP contribution in [-0.4, -0.2) is 31.7 Å². The maximum absolute atomic E-state index is 12.4. The van der Waals surface area contributed by atoms with Crippen molar-refractivity contribution < 1.29 is 9.53 Å². The van der Waals surface area contributed by atoms with Gasteiger partial charge >= 0.3 is 6.03 Å². The van der Waals surface area contributed by atoms with E-state index in [2.05, 4.69) is 5.32 Å². The molecule has 7 heteroatoms. The molecule has 2 amide bonds. The summed E-state index contributed by atoms with van der Waals surface area (Å²) in [5.41, 5.74) is 7.94. The number of carbonyl (C=O) groups excluding carboxylic acids is 1. The zero-order valence-corrected chi connectivity index (χ0v) is 15.4. The van der Waals surface area contributed by atoms with Gasteiger partial charge in [0.2, 0.25) is 5.96 Å². The van der Waals surface area contributed by atoms with Gasteiger partial charge in [-0.15, -0.1) is 0 Å². The molecule has 138 valence electrons. The van der Waals surface area contributed by atoms with Crippen molar-refractivity contribution in [3.8, 4) is 0 Å². The van der Waals surface area contributed by atoms with Crippen molar-refractivity contribution in [3.63, 3.8) is 0 Å². The van der Waals surface area contributed by atoms with Crippen LogP contribution in [0.25, 0.3) is 0 Å². The van der Waals surface area contributed by atoms with Crippen LogP contribution < -0.4 is 16.0 Å². The quantitative estimate of drug-likeness (QED) is 0.394. The molecule has 0 radical (unpaired) electrons. The summed E-state index contributed by atoms with van der Waals surface area (Å²) in [6.45, 7) is 3.05. The molecule has 0 unspecified atom stereocenters. The Labute approximate surface area is 158 Å². The van der Waals surface area contributed by atoms with Gasteiger partial charge in [0, 0.05) is 6.54 Å². The predicted octanol–water partition coefficient (Wildman–Crippen LogP) is 3.32. The van der Waals surface area contributed by atoms with Crippen LogP contribution in [0.2, 0.25) is 5.02 Å². The van der Waals surface area contributed by atoms with Crippen molar-refractivity contribution in [2.24, 2.45) is 5.73 Å². The number of guanidine groups is 1. The number of urea groups is 1. The van der Waals surface area contributed by atoms with Crippen LogP contribution in [0.4, 0.5) is 10.5 Å². The predicted molar refractivity (Wildman–Crippen MR) is 105 cm³/mol. The molecule has 2 aromatic carbocycles. The number of nitrogens with two attached hydrogens (primary N) is 1. The number of hydrogen-bond donors (Lipinski definition) is 3. The number of para-hydroxylation sites is 1. The summed E-state index contributed by atoms with van der Waals surface area (Å²) in [6.07, 6.45) is 0.813. The summed E-state index contributed by atoms with van der Waals surface area (Å²) in [7, 11) is 0.